The van der Waals surface area contributed by atoms with Crippen molar-refractivity contribution >= 4 is 29.4 Å². The summed E-state index contributed by atoms with van der Waals surface area (Å²) in [6.07, 6.45) is -1.09. The number of rotatable bonds is 9. The first-order chi connectivity index (χ1) is 18.2. The zero-order valence-electron chi connectivity index (χ0n) is 20.5. The van der Waals surface area contributed by atoms with Gasteiger partial charge in [-0.05, 0) is 53.9 Å². The third-order valence-electron chi connectivity index (χ3n) is 6.56. The van der Waals surface area contributed by atoms with Crippen molar-refractivity contribution in [1.82, 2.24) is 10.4 Å². The molecule has 0 aromatic heterocycles. The minimum atomic E-state index is -1.09. The number of aromatic carboxylic acids is 1. The molecule has 0 spiro atoms. The van der Waals surface area contributed by atoms with Crippen LogP contribution >= 0.6 is 11.6 Å². The molecule has 38 heavy (non-hydrogen) atoms. The number of carbonyl (C=O) groups excluding carboxylic acids is 2. The van der Waals surface area contributed by atoms with E-state index in [4.69, 9.17) is 16.4 Å². The first-order valence-corrected chi connectivity index (χ1v) is 12.3. The lowest BCUT2D eigenvalue weighted by Crippen LogP contribution is -2.55. The highest BCUT2D eigenvalue weighted by atomic mass is 35.5. The number of benzene rings is 3. The van der Waals surface area contributed by atoms with E-state index >= 15 is 0 Å². The van der Waals surface area contributed by atoms with Crippen molar-refractivity contribution in [2.24, 2.45) is 0 Å². The lowest BCUT2D eigenvalue weighted by atomic mass is 9.78. The van der Waals surface area contributed by atoms with Crippen LogP contribution in [-0.2, 0) is 16.2 Å². The van der Waals surface area contributed by atoms with Crippen LogP contribution in [0.3, 0.4) is 0 Å². The molecule has 1 aliphatic rings. The number of fused-ring (bicyclic) bond motifs is 1. The van der Waals surface area contributed by atoms with Gasteiger partial charge in [0.2, 0.25) is 0 Å². The third kappa shape index (κ3) is 5.56. The average molecular weight is 539 g/mol. The van der Waals surface area contributed by atoms with Crippen LogP contribution in [-0.4, -0.2) is 56.8 Å². The van der Waals surface area contributed by atoms with Crippen molar-refractivity contribution < 1.29 is 34.5 Å². The van der Waals surface area contributed by atoms with Gasteiger partial charge >= 0.3 is 5.97 Å². The largest absolute Gasteiger partial charge is 0.478 e. The molecule has 1 heterocycles. The predicted octanol–water partition coefficient (Wildman–Crippen LogP) is 3.31. The lowest BCUT2D eigenvalue weighted by molar-refractivity contribution is -0.138. The molecule has 4 atom stereocenters. The van der Waals surface area contributed by atoms with Crippen LogP contribution in [0.25, 0.3) is 0 Å². The number of hydrogen-bond donors (Lipinski definition) is 4. The minimum absolute atomic E-state index is 0.0868. The predicted molar refractivity (Wildman–Crippen MR) is 138 cm³/mol. The quantitative estimate of drug-likeness (QED) is 0.307. The highest BCUT2D eigenvalue weighted by Gasteiger charge is 2.47. The van der Waals surface area contributed by atoms with Crippen molar-refractivity contribution in [3.8, 4) is 0 Å². The normalized spacial score (nSPS) is 18.4. The third-order valence-corrected chi connectivity index (χ3v) is 6.81. The van der Waals surface area contributed by atoms with Crippen molar-refractivity contribution in [3.63, 3.8) is 0 Å². The smallest absolute Gasteiger partial charge is 0.335 e. The Morgan fingerprint density at radius 3 is 2.45 bits per heavy atom. The number of aliphatic hydroxyl groups excluding tert-OH is 2. The van der Waals surface area contributed by atoms with Crippen molar-refractivity contribution in [2.75, 3.05) is 6.61 Å². The Morgan fingerprint density at radius 1 is 1.08 bits per heavy atom. The van der Waals surface area contributed by atoms with E-state index in [1.54, 1.807) is 60.7 Å². The van der Waals surface area contributed by atoms with Crippen molar-refractivity contribution in [2.45, 2.75) is 37.6 Å². The number of nitrogens with one attached hydrogen (secondary N) is 1. The molecule has 0 unspecified atom stereocenters. The van der Waals surface area contributed by atoms with Crippen LogP contribution in [0.15, 0.2) is 72.8 Å². The number of hydroxylamine groups is 1. The number of carboxylic acid groups (broad SMARTS) is 1. The van der Waals surface area contributed by atoms with Gasteiger partial charge in [0.1, 0.15) is 0 Å². The molecular weight excluding hydrogens is 512 g/mol. The fourth-order valence-electron chi connectivity index (χ4n) is 4.73. The van der Waals surface area contributed by atoms with Crippen LogP contribution in [0, 0.1) is 0 Å². The van der Waals surface area contributed by atoms with E-state index in [9.17, 15) is 29.7 Å². The summed E-state index contributed by atoms with van der Waals surface area (Å²) < 4.78 is 0. The molecule has 0 radical (unpaired) electrons. The van der Waals surface area contributed by atoms with Crippen LogP contribution in [0.5, 0.6) is 0 Å². The number of carboxylic acids is 1. The molecule has 3 aromatic carbocycles. The Hall–Kier alpha value is -3.76. The van der Waals surface area contributed by atoms with E-state index in [2.05, 4.69) is 5.48 Å². The minimum Gasteiger partial charge on any atom is -0.478 e. The zero-order valence-corrected chi connectivity index (χ0v) is 21.2. The number of aliphatic hydroxyl groups is 2. The monoisotopic (exact) mass is 538 g/mol. The Labute approximate surface area is 224 Å². The van der Waals surface area contributed by atoms with E-state index in [0.717, 1.165) is 0 Å². The number of hydrogen-bond acceptors (Lipinski definition) is 6. The summed E-state index contributed by atoms with van der Waals surface area (Å²) >= 11 is 6.10. The van der Waals surface area contributed by atoms with Crippen LogP contribution in [0.4, 0.5) is 0 Å². The topological polar surface area (TPSA) is 136 Å². The molecule has 0 saturated heterocycles. The van der Waals surface area contributed by atoms with Crippen molar-refractivity contribution in [1.29, 1.82) is 0 Å². The van der Waals surface area contributed by atoms with Gasteiger partial charge in [0.25, 0.3) is 11.8 Å². The first kappa shape index (κ1) is 27.3. The summed E-state index contributed by atoms with van der Waals surface area (Å²) in [4.78, 5) is 45.4. The van der Waals surface area contributed by atoms with Gasteiger partial charge in [-0.25, -0.2) is 10.3 Å². The number of amides is 2. The maximum Gasteiger partial charge on any atom is 0.335 e. The summed E-state index contributed by atoms with van der Waals surface area (Å²) in [6.45, 7) is 0.847. The second-order valence-electron chi connectivity index (χ2n) is 9.02. The van der Waals surface area contributed by atoms with Crippen LogP contribution in [0.2, 0.25) is 5.02 Å². The van der Waals surface area contributed by atoms with Gasteiger partial charge in [0.15, 0.2) is 0 Å². The summed E-state index contributed by atoms with van der Waals surface area (Å²) in [5.74, 6) is -3.05. The maximum atomic E-state index is 13.7. The Morgan fingerprint density at radius 2 is 1.79 bits per heavy atom. The second kappa shape index (κ2) is 11.7. The Kier molecular flexibility index (Phi) is 8.43. The van der Waals surface area contributed by atoms with E-state index in [-0.39, 0.29) is 17.7 Å². The molecule has 4 N–H and O–H groups in total. The van der Waals surface area contributed by atoms with Gasteiger partial charge in [-0.1, -0.05) is 54.1 Å². The van der Waals surface area contributed by atoms with Crippen LogP contribution < -0.4 is 5.48 Å². The molecule has 3 aromatic rings. The number of carbonyl (C=O) groups is 3. The standard InChI is InChI=1S/C28H27ClN2O7/c1-16(33)23(14-32)31-25(18-9-11-20(29)12-10-18)24(21-7-2-3-8-22(21)27(31)35)26(34)30-38-15-17-5-4-6-19(13-17)28(36)37/h2-13,16,23-25,32-33H,14-15H2,1H3,(H,30,34)(H,36,37)/t16-,23-,24+,25-/m0/s1. The van der Waals surface area contributed by atoms with Crippen LogP contribution in [0.1, 0.15) is 56.3 Å². The molecular formula is C28H27ClN2O7. The number of nitrogens with zero attached hydrogens (tertiary/aromatic N) is 1. The van der Waals surface area contributed by atoms with Gasteiger partial charge in [0.05, 0.1) is 42.9 Å². The molecule has 4 rings (SSSR count). The molecule has 198 valence electrons. The fraction of sp³-hybridized carbons (Fsp3) is 0.250. The second-order valence-corrected chi connectivity index (χ2v) is 9.46. The van der Waals surface area contributed by atoms with Gasteiger partial charge in [0, 0.05) is 10.6 Å². The van der Waals surface area contributed by atoms with Gasteiger partial charge in [-0.2, -0.15) is 0 Å². The zero-order chi connectivity index (χ0) is 27.4. The van der Waals surface area contributed by atoms with Gasteiger partial charge in [-0.3, -0.25) is 14.4 Å². The molecule has 2 amide bonds. The van der Waals surface area contributed by atoms with Gasteiger partial charge in [-0.15, -0.1) is 0 Å². The van der Waals surface area contributed by atoms with E-state index in [0.29, 0.717) is 21.7 Å². The molecule has 0 bridgehead atoms. The number of halogens is 1. The maximum absolute atomic E-state index is 13.7. The van der Waals surface area contributed by atoms with Gasteiger partial charge < -0.3 is 20.2 Å². The van der Waals surface area contributed by atoms with E-state index in [1.165, 1.54) is 24.0 Å². The molecule has 0 fully saturated rings. The SMILES string of the molecule is C[C@H](O)[C@H](CO)N1C(=O)c2ccccc2[C@@H](C(=O)NOCc2cccc(C(=O)O)c2)[C@@H]1c1ccc(Cl)cc1. The summed E-state index contributed by atoms with van der Waals surface area (Å²) in [7, 11) is 0. The summed E-state index contributed by atoms with van der Waals surface area (Å²) in [6, 6.07) is 17.6. The molecule has 10 heteroatoms. The molecule has 1 aliphatic heterocycles. The molecule has 0 saturated carbocycles. The molecule has 9 nitrogen and oxygen atoms in total. The lowest BCUT2D eigenvalue weighted by Gasteiger charge is -2.45. The summed E-state index contributed by atoms with van der Waals surface area (Å²) in [5, 5.41) is 30.3. The Bertz CT molecular complexity index is 1330. The van der Waals surface area contributed by atoms with E-state index < -0.39 is 48.5 Å². The highest BCUT2D eigenvalue weighted by Crippen LogP contribution is 2.44. The van der Waals surface area contributed by atoms with E-state index in [1.807, 2.05) is 0 Å². The molecule has 0 aliphatic carbocycles. The summed E-state index contributed by atoms with van der Waals surface area (Å²) in [5.41, 5.74) is 4.38. The Balaban J connectivity index is 1.72. The fourth-order valence-corrected chi connectivity index (χ4v) is 4.86. The highest BCUT2D eigenvalue weighted by molar-refractivity contribution is 6.30. The first-order valence-electron chi connectivity index (χ1n) is 11.9. The van der Waals surface area contributed by atoms with Crippen molar-refractivity contribution in [3.05, 3.63) is 106 Å². The average Bonchev–Trinajstić information content (AvgIpc) is 2.90.